The van der Waals surface area contributed by atoms with Crippen LogP contribution in [0.15, 0.2) is 0 Å². The Morgan fingerprint density at radius 1 is 1.86 bits per heavy atom. The van der Waals surface area contributed by atoms with Gasteiger partial charge in [-0.2, -0.15) is 0 Å². The van der Waals surface area contributed by atoms with E-state index in [2.05, 4.69) is 0 Å². The molecule has 0 bridgehead atoms. The average molecular weight is 117 g/mol. The highest BCUT2D eigenvalue weighted by atomic mass is 32.2. The van der Waals surface area contributed by atoms with Gasteiger partial charge in [0.05, 0.1) is 5.25 Å². The van der Waals surface area contributed by atoms with Crippen molar-refractivity contribution in [1.29, 1.82) is 0 Å². The van der Waals surface area contributed by atoms with Crippen molar-refractivity contribution >= 4 is 17.7 Å². The summed E-state index contributed by atoms with van der Waals surface area (Å²) in [6, 6.07) is 0. The van der Waals surface area contributed by atoms with E-state index in [9.17, 15) is 4.79 Å². The maximum atomic E-state index is 10.2. The van der Waals surface area contributed by atoms with Crippen LogP contribution in [0.4, 0.5) is 0 Å². The Hall–Kier alpha value is -0.180. The summed E-state index contributed by atoms with van der Waals surface area (Å²) in [6.45, 7) is 2.00. The summed E-state index contributed by atoms with van der Waals surface area (Å²) in [5, 5.41) is 0.609. The predicted molar refractivity (Wildman–Crippen MR) is 30.0 cm³/mol. The van der Waals surface area contributed by atoms with Gasteiger partial charge in [-0.05, 0) is 0 Å². The number of amides is 1. The van der Waals surface area contributed by atoms with Crippen LogP contribution in [0.2, 0.25) is 0 Å². The maximum Gasteiger partial charge on any atom is 0.231 e. The van der Waals surface area contributed by atoms with Crippen molar-refractivity contribution in [2.75, 3.05) is 0 Å². The standard InChI is InChI=1S/C4H7NOS/c1-2-3(7-2)4(5)6/h2-3H,1H3,(H2,5,6)/t2-,3+/m1/s1. The summed E-state index contributed by atoms with van der Waals surface area (Å²) >= 11 is 1.62. The Labute approximate surface area is 46.5 Å². The minimum Gasteiger partial charge on any atom is -0.369 e. The molecule has 0 aromatic heterocycles. The number of carbonyl (C=O) groups is 1. The maximum absolute atomic E-state index is 10.2. The summed E-state index contributed by atoms with van der Waals surface area (Å²) in [5.41, 5.74) is 4.93. The van der Waals surface area contributed by atoms with Gasteiger partial charge in [-0.3, -0.25) is 4.79 Å². The van der Waals surface area contributed by atoms with Crippen LogP contribution in [0.1, 0.15) is 6.92 Å². The monoisotopic (exact) mass is 117 g/mol. The SMILES string of the molecule is C[C@H]1S[C@@H]1C(N)=O. The van der Waals surface area contributed by atoms with E-state index in [0.717, 1.165) is 0 Å². The zero-order chi connectivity index (χ0) is 5.44. The van der Waals surface area contributed by atoms with Gasteiger partial charge in [0.15, 0.2) is 0 Å². The van der Waals surface area contributed by atoms with E-state index in [0.29, 0.717) is 5.25 Å². The zero-order valence-electron chi connectivity index (χ0n) is 4.05. The number of hydrogen-bond donors (Lipinski definition) is 1. The number of carbonyl (C=O) groups excluding carboxylic acids is 1. The summed E-state index contributed by atoms with van der Waals surface area (Å²) in [5.74, 6) is -0.169. The van der Waals surface area contributed by atoms with Crippen LogP contribution >= 0.6 is 11.8 Å². The van der Waals surface area contributed by atoms with E-state index in [4.69, 9.17) is 5.73 Å². The van der Waals surface area contributed by atoms with Gasteiger partial charge in [0.2, 0.25) is 5.91 Å². The van der Waals surface area contributed by atoms with Crippen molar-refractivity contribution in [1.82, 2.24) is 0 Å². The molecule has 0 aromatic carbocycles. The van der Waals surface area contributed by atoms with Crippen LogP contribution in [0, 0.1) is 0 Å². The average Bonchev–Trinajstić information content (AvgIpc) is 2.17. The summed E-state index contributed by atoms with van der Waals surface area (Å²) in [4.78, 5) is 10.2. The lowest BCUT2D eigenvalue weighted by molar-refractivity contribution is -0.116. The second-order valence-corrected chi connectivity index (χ2v) is 3.19. The van der Waals surface area contributed by atoms with Gasteiger partial charge < -0.3 is 5.73 Å². The molecule has 1 aliphatic rings. The van der Waals surface area contributed by atoms with Crippen LogP contribution in [0.3, 0.4) is 0 Å². The third kappa shape index (κ3) is 0.881. The van der Waals surface area contributed by atoms with Crippen molar-refractivity contribution < 1.29 is 4.79 Å². The van der Waals surface area contributed by atoms with Crippen LogP contribution in [0.25, 0.3) is 0 Å². The van der Waals surface area contributed by atoms with Gasteiger partial charge in [0.1, 0.15) is 0 Å². The molecule has 0 unspecified atom stereocenters. The molecular formula is C4H7NOS. The third-order valence-corrected chi connectivity index (χ3v) is 2.31. The van der Waals surface area contributed by atoms with Gasteiger partial charge in [-0.1, -0.05) is 6.92 Å². The lowest BCUT2D eigenvalue weighted by Crippen LogP contribution is -2.18. The topological polar surface area (TPSA) is 43.1 Å². The predicted octanol–water partition coefficient (Wildman–Crippen LogP) is -0.0244. The molecule has 1 fully saturated rings. The molecule has 3 heteroatoms. The van der Waals surface area contributed by atoms with E-state index in [1.807, 2.05) is 6.92 Å². The third-order valence-electron chi connectivity index (χ3n) is 0.991. The van der Waals surface area contributed by atoms with Crippen LogP contribution in [-0.4, -0.2) is 16.4 Å². The summed E-state index contributed by atoms with van der Waals surface area (Å²) in [6.07, 6.45) is 0. The van der Waals surface area contributed by atoms with E-state index in [1.54, 1.807) is 11.8 Å². The molecule has 0 radical (unpaired) electrons. The van der Waals surface area contributed by atoms with E-state index < -0.39 is 0 Å². The van der Waals surface area contributed by atoms with Gasteiger partial charge >= 0.3 is 0 Å². The molecule has 2 atom stereocenters. The van der Waals surface area contributed by atoms with Crippen LogP contribution in [0.5, 0.6) is 0 Å². The minimum atomic E-state index is -0.169. The Bertz CT molecular complexity index is 104. The highest BCUT2D eigenvalue weighted by Gasteiger charge is 2.38. The minimum absolute atomic E-state index is 0.125. The summed E-state index contributed by atoms with van der Waals surface area (Å²) < 4.78 is 0. The molecule has 1 amide bonds. The van der Waals surface area contributed by atoms with E-state index >= 15 is 0 Å². The fourth-order valence-corrected chi connectivity index (χ4v) is 1.12. The molecule has 2 nitrogen and oxygen atoms in total. The molecule has 1 saturated heterocycles. The second-order valence-electron chi connectivity index (χ2n) is 1.66. The van der Waals surface area contributed by atoms with Crippen molar-refractivity contribution in [2.24, 2.45) is 5.73 Å². The molecule has 40 valence electrons. The van der Waals surface area contributed by atoms with Crippen molar-refractivity contribution in [3.8, 4) is 0 Å². The molecule has 0 aliphatic carbocycles. The van der Waals surface area contributed by atoms with Crippen molar-refractivity contribution in [3.63, 3.8) is 0 Å². The Morgan fingerprint density at radius 3 is 2.29 bits per heavy atom. The first kappa shape index (κ1) is 4.97. The number of hydrogen-bond acceptors (Lipinski definition) is 2. The molecule has 0 saturated carbocycles. The van der Waals surface area contributed by atoms with Gasteiger partial charge in [0, 0.05) is 5.25 Å². The molecule has 7 heavy (non-hydrogen) atoms. The lowest BCUT2D eigenvalue weighted by Gasteiger charge is -1.78. The fourth-order valence-electron chi connectivity index (χ4n) is 0.484. The first-order valence-corrected chi connectivity index (χ1v) is 3.11. The van der Waals surface area contributed by atoms with Crippen LogP contribution < -0.4 is 5.73 Å². The fraction of sp³-hybridized carbons (Fsp3) is 0.750. The van der Waals surface area contributed by atoms with Crippen molar-refractivity contribution in [2.45, 2.75) is 17.4 Å². The smallest absolute Gasteiger partial charge is 0.231 e. The highest BCUT2D eigenvalue weighted by Crippen LogP contribution is 2.39. The number of primary amides is 1. The largest absolute Gasteiger partial charge is 0.369 e. The Morgan fingerprint density at radius 2 is 2.29 bits per heavy atom. The Kier molecular flexibility index (Phi) is 0.995. The number of rotatable bonds is 1. The molecule has 0 aromatic rings. The van der Waals surface area contributed by atoms with E-state index in [-0.39, 0.29) is 11.2 Å². The molecule has 1 rings (SSSR count). The van der Waals surface area contributed by atoms with Gasteiger partial charge in [-0.25, -0.2) is 0 Å². The molecule has 2 N–H and O–H groups in total. The highest BCUT2D eigenvalue weighted by molar-refractivity contribution is 8.08. The van der Waals surface area contributed by atoms with Crippen LogP contribution in [-0.2, 0) is 4.79 Å². The number of nitrogens with two attached hydrogens (primary N) is 1. The molecule has 1 heterocycles. The van der Waals surface area contributed by atoms with Crippen molar-refractivity contribution in [3.05, 3.63) is 0 Å². The van der Waals surface area contributed by atoms with E-state index in [1.165, 1.54) is 0 Å². The number of thioether (sulfide) groups is 1. The molecular weight excluding hydrogens is 110 g/mol. The Balaban J connectivity index is 2.33. The lowest BCUT2D eigenvalue weighted by atomic mass is 10.3. The van der Waals surface area contributed by atoms with Gasteiger partial charge in [-0.15, -0.1) is 11.8 Å². The molecule has 0 spiro atoms. The van der Waals surface area contributed by atoms with Gasteiger partial charge in [0.25, 0.3) is 0 Å². The first-order chi connectivity index (χ1) is 3.22. The summed E-state index contributed by atoms with van der Waals surface area (Å²) in [7, 11) is 0. The molecule has 1 aliphatic heterocycles. The first-order valence-electron chi connectivity index (χ1n) is 2.16. The normalized spacial score (nSPS) is 37.9. The quantitative estimate of drug-likeness (QED) is 0.490. The second kappa shape index (κ2) is 1.40. The zero-order valence-corrected chi connectivity index (χ0v) is 4.87.